The fourth-order valence-electron chi connectivity index (χ4n) is 1.99. The van der Waals surface area contributed by atoms with Gasteiger partial charge in [-0.1, -0.05) is 36.4 Å². The number of benzene rings is 2. The molecule has 0 amide bonds. The lowest BCUT2D eigenvalue weighted by atomic mass is 10.3. The van der Waals surface area contributed by atoms with Crippen LogP contribution >= 0.6 is 0 Å². The van der Waals surface area contributed by atoms with E-state index in [1.54, 1.807) is 0 Å². The summed E-state index contributed by atoms with van der Waals surface area (Å²) in [6.07, 6.45) is 4.23. The van der Waals surface area contributed by atoms with Crippen LogP contribution in [-0.2, 0) is 0 Å². The molecule has 1 aliphatic heterocycles. The minimum absolute atomic E-state index is 0.869. The van der Waals surface area contributed by atoms with E-state index < -0.39 is 7.25 Å². The fraction of sp³-hybridized carbons (Fsp3) is 0.0667. The summed E-state index contributed by atoms with van der Waals surface area (Å²) in [5, 5.41) is 0. The van der Waals surface area contributed by atoms with Crippen LogP contribution in [-0.4, -0.2) is 13.9 Å². The minimum atomic E-state index is -6.00. The van der Waals surface area contributed by atoms with E-state index in [4.69, 9.17) is 0 Å². The molecule has 0 aromatic heterocycles. The van der Waals surface area contributed by atoms with Crippen LogP contribution in [0, 0.1) is 0 Å². The Hall–Kier alpha value is -2.44. The van der Waals surface area contributed by atoms with Crippen LogP contribution in [0.2, 0.25) is 0 Å². The third kappa shape index (κ3) is 5.16. The van der Waals surface area contributed by atoms with Gasteiger partial charge in [-0.05, 0) is 24.3 Å². The zero-order chi connectivity index (χ0) is 16.0. The van der Waals surface area contributed by atoms with Crippen molar-refractivity contribution in [2.24, 2.45) is 0 Å². The summed E-state index contributed by atoms with van der Waals surface area (Å²) in [6.45, 7) is 0.869. The molecule has 1 heterocycles. The molecule has 0 radical (unpaired) electrons. The molecule has 1 aliphatic rings. The molecule has 0 bridgehead atoms. The standard InChI is InChI=1S/C15H14N2.BF4/c1-3-7-14(8-4-1)16-11-12-17(13-16)15-9-5-2-6-10-15;2-1(3,4)5/h1-12H,13H2;/q;-1. The molecule has 0 saturated heterocycles. The molecule has 2 nitrogen and oxygen atoms in total. The first kappa shape index (κ1) is 15.9. The Morgan fingerprint density at radius 2 is 0.955 bits per heavy atom. The summed E-state index contributed by atoms with van der Waals surface area (Å²) in [7, 11) is -6.00. The normalized spacial score (nSPS) is 13.8. The van der Waals surface area contributed by atoms with Gasteiger partial charge in [-0.2, -0.15) is 0 Å². The molecular weight excluding hydrogens is 295 g/mol. The van der Waals surface area contributed by atoms with Gasteiger partial charge >= 0.3 is 7.25 Å². The Morgan fingerprint density at radius 1 is 0.636 bits per heavy atom. The van der Waals surface area contributed by atoms with E-state index in [1.807, 2.05) is 12.1 Å². The van der Waals surface area contributed by atoms with E-state index in [0.717, 1.165) is 6.67 Å². The first-order valence-electron chi connectivity index (χ1n) is 6.62. The highest BCUT2D eigenvalue weighted by atomic mass is 19.5. The molecule has 0 unspecified atom stereocenters. The van der Waals surface area contributed by atoms with Crippen molar-refractivity contribution in [1.29, 1.82) is 0 Å². The molecule has 3 rings (SSSR count). The minimum Gasteiger partial charge on any atom is -0.418 e. The van der Waals surface area contributed by atoms with Gasteiger partial charge in [0.2, 0.25) is 0 Å². The van der Waals surface area contributed by atoms with Crippen LogP contribution in [0.1, 0.15) is 0 Å². The van der Waals surface area contributed by atoms with Crippen molar-refractivity contribution in [3.05, 3.63) is 73.1 Å². The van der Waals surface area contributed by atoms with E-state index in [-0.39, 0.29) is 0 Å². The highest BCUT2D eigenvalue weighted by molar-refractivity contribution is 6.50. The zero-order valence-electron chi connectivity index (χ0n) is 11.6. The predicted molar refractivity (Wildman–Crippen MR) is 82.0 cm³/mol. The van der Waals surface area contributed by atoms with Crippen LogP contribution in [0.15, 0.2) is 73.1 Å². The van der Waals surface area contributed by atoms with Gasteiger partial charge in [0, 0.05) is 23.8 Å². The van der Waals surface area contributed by atoms with Gasteiger partial charge in [0.15, 0.2) is 0 Å². The maximum absolute atomic E-state index is 9.75. The summed E-state index contributed by atoms with van der Waals surface area (Å²) in [6, 6.07) is 20.8. The fourth-order valence-corrected chi connectivity index (χ4v) is 1.99. The third-order valence-electron chi connectivity index (χ3n) is 2.91. The smallest absolute Gasteiger partial charge is 0.418 e. The highest BCUT2D eigenvalue weighted by Gasteiger charge is 2.20. The number of nitrogens with zero attached hydrogens (tertiary/aromatic N) is 2. The first-order valence-corrected chi connectivity index (χ1v) is 6.62. The van der Waals surface area contributed by atoms with E-state index in [0.29, 0.717) is 0 Å². The van der Waals surface area contributed by atoms with Gasteiger partial charge in [0.25, 0.3) is 0 Å². The lowest BCUT2D eigenvalue weighted by molar-refractivity contribution is 0.368. The number of para-hydroxylation sites is 2. The van der Waals surface area contributed by atoms with E-state index >= 15 is 0 Å². The molecule has 0 spiro atoms. The second kappa shape index (κ2) is 7.02. The molecule has 7 heteroatoms. The van der Waals surface area contributed by atoms with Crippen molar-refractivity contribution >= 4 is 18.6 Å². The lowest BCUT2D eigenvalue weighted by Crippen LogP contribution is -2.24. The van der Waals surface area contributed by atoms with Crippen molar-refractivity contribution in [2.75, 3.05) is 16.5 Å². The molecule has 2 aromatic rings. The Labute approximate surface area is 126 Å². The largest absolute Gasteiger partial charge is 0.673 e. The zero-order valence-corrected chi connectivity index (χ0v) is 11.6. The average molecular weight is 309 g/mol. The van der Waals surface area contributed by atoms with Crippen molar-refractivity contribution in [1.82, 2.24) is 0 Å². The Bertz CT molecular complexity index is 548. The second-order valence-electron chi connectivity index (χ2n) is 4.55. The van der Waals surface area contributed by atoms with Crippen molar-refractivity contribution in [2.45, 2.75) is 0 Å². The SMILES string of the molecule is C1=CN(c2ccccc2)CN1c1ccccc1.F[B-](F)(F)F. The average Bonchev–Trinajstić information content (AvgIpc) is 2.97. The van der Waals surface area contributed by atoms with Crippen LogP contribution in [0.3, 0.4) is 0 Å². The van der Waals surface area contributed by atoms with Gasteiger partial charge in [-0.25, -0.2) is 0 Å². The van der Waals surface area contributed by atoms with Crippen LogP contribution < -0.4 is 9.80 Å². The number of hydrogen-bond donors (Lipinski definition) is 0. The molecule has 22 heavy (non-hydrogen) atoms. The highest BCUT2D eigenvalue weighted by Crippen LogP contribution is 2.23. The van der Waals surface area contributed by atoms with Crippen LogP contribution in [0.4, 0.5) is 28.6 Å². The van der Waals surface area contributed by atoms with Crippen LogP contribution in [0.25, 0.3) is 0 Å². The quantitative estimate of drug-likeness (QED) is 0.584. The van der Waals surface area contributed by atoms with Gasteiger partial charge < -0.3 is 27.1 Å². The predicted octanol–water partition coefficient (Wildman–Crippen LogP) is 4.74. The van der Waals surface area contributed by atoms with Crippen molar-refractivity contribution < 1.29 is 17.3 Å². The van der Waals surface area contributed by atoms with Gasteiger partial charge in [0.1, 0.15) is 0 Å². The summed E-state index contributed by atoms with van der Waals surface area (Å²) in [5.74, 6) is 0. The number of rotatable bonds is 2. The first-order chi connectivity index (χ1) is 10.4. The van der Waals surface area contributed by atoms with Crippen molar-refractivity contribution in [3.8, 4) is 0 Å². The van der Waals surface area contributed by atoms with Gasteiger partial charge in [-0.3, -0.25) is 0 Å². The topological polar surface area (TPSA) is 6.48 Å². The molecular formula is C15H14BF4N2-. The van der Waals surface area contributed by atoms with Crippen LogP contribution in [0.5, 0.6) is 0 Å². The third-order valence-corrected chi connectivity index (χ3v) is 2.91. The molecule has 2 aromatic carbocycles. The maximum atomic E-state index is 9.75. The molecule has 0 atom stereocenters. The number of anilines is 2. The Morgan fingerprint density at radius 3 is 1.27 bits per heavy atom. The molecule has 0 N–H and O–H groups in total. The second-order valence-corrected chi connectivity index (χ2v) is 4.55. The molecule has 116 valence electrons. The number of halogens is 4. The summed E-state index contributed by atoms with van der Waals surface area (Å²) in [4.78, 5) is 4.46. The molecule has 0 fully saturated rings. The molecule has 0 saturated carbocycles. The monoisotopic (exact) mass is 309 g/mol. The van der Waals surface area contributed by atoms with E-state index in [9.17, 15) is 17.3 Å². The van der Waals surface area contributed by atoms with E-state index in [1.165, 1.54) is 11.4 Å². The van der Waals surface area contributed by atoms with Crippen molar-refractivity contribution in [3.63, 3.8) is 0 Å². The number of hydrogen-bond acceptors (Lipinski definition) is 2. The van der Waals surface area contributed by atoms with Gasteiger partial charge in [-0.15, -0.1) is 0 Å². The Kier molecular flexibility index (Phi) is 5.09. The molecule has 0 aliphatic carbocycles. The summed E-state index contributed by atoms with van der Waals surface area (Å²) >= 11 is 0. The summed E-state index contributed by atoms with van der Waals surface area (Å²) in [5.41, 5.74) is 2.45. The van der Waals surface area contributed by atoms with Gasteiger partial charge in [0.05, 0.1) is 6.67 Å². The lowest BCUT2D eigenvalue weighted by Gasteiger charge is -2.21. The Balaban J connectivity index is 0.000000309. The van der Waals surface area contributed by atoms with E-state index in [2.05, 4.69) is 70.7 Å². The summed E-state index contributed by atoms with van der Waals surface area (Å²) < 4.78 is 39.0. The maximum Gasteiger partial charge on any atom is 0.673 e.